The molecule has 0 amide bonds. The van der Waals surface area contributed by atoms with Crippen LogP contribution in [0.15, 0.2) is 41.2 Å². The summed E-state index contributed by atoms with van der Waals surface area (Å²) < 4.78 is 0. The van der Waals surface area contributed by atoms with Crippen LogP contribution in [-0.4, -0.2) is 15.2 Å². The van der Waals surface area contributed by atoms with Crippen LogP contribution >= 0.6 is 11.3 Å². The average molecular weight is 270 g/mol. The largest absolute Gasteiger partial charge is 0.379 e. The third-order valence-electron chi connectivity index (χ3n) is 2.85. The molecule has 0 unspecified atom stereocenters. The normalized spacial score (nSPS) is 10.6. The van der Waals surface area contributed by atoms with Crippen molar-refractivity contribution in [2.24, 2.45) is 0 Å². The molecule has 3 rings (SSSR count). The lowest BCUT2D eigenvalue weighted by Gasteiger charge is -2.05. The van der Waals surface area contributed by atoms with E-state index in [0.717, 1.165) is 34.9 Å². The van der Waals surface area contributed by atoms with Crippen molar-refractivity contribution in [3.8, 4) is 11.3 Å². The quantitative estimate of drug-likeness (QED) is 0.763. The van der Waals surface area contributed by atoms with Crippen LogP contribution in [0.1, 0.15) is 11.4 Å². The van der Waals surface area contributed by atoms with Gasteiger partial charge in [0.05, 0.1) is 23.4 Å². The Hall–Kier alpha value is -2.14. The zero-order valence-electron chi connectivity index (χ0n) is 10.6. The maximum absolute atomic E-state index is 4.30. The predicted molar refractivity (Wildman–Crippen MR) is 78.2 cm³/mol. The minimum Gasteiger partial charge on any atom is -0.379 e. The SMILES string of the molecule is Cc1cc(CNc2ccc(-c3cscn3)cc2)n[nH]1. The fourth-order valence-corrected chi connectivity index (χ4v) is 2.43. The van der Waals surface area contributed by atoms with Crippen molar-refractivity contribution in [3.05, 3.63) is 52.6 Å². The molecule has 5 heteroatoms. The lowest BCUT2D eigenvalue weighted by Crippen LogP contribution is -1.99. The van der Waals surface area contributed by atoms with Crippen molar-refractivity contribution in [3.63, 3.8) is 0 Å². The molecule has 96 valence electrons. The fraction of sp³-hybridized carbons (Fsp3) is 0.143. The summed E-state index contributed by atoms with van der Waals surface area (Å²) in [6.07, 6.45) is 0. The van der Waals surface area contributed by atoms with E-state index in [2.05, 4.69) is 50.1 Å². The van der Waals surface area contributed by atoms with Crippen molar-refractivity contribution in [1.82, 2.24) is 15.2 Å². The number of anilines is 1. The van der Waals surface area contributed by atoms with Gasteiger partial charge in [-0.15, -0.1) is 11.3 Å². The third-order valence-corrected chi connectivity index (χ3v) is 3.43. The number of aromatic amines is 1. The second-order valence-corrected chi connectivity index (χ2v) is 5.07. The smallest absolute Gasteiger partial charge is 0.0815 e. The number of nitrogens with zero attached hydrogens (tertiary/aromatic N) is 2. The third kappa shape index (κ3) is 2.82. The molecular formula is C14H14N4S. The molecule has 0 radical (unpaired) electrons. The van der Waals surface area contributed by atoms with Crippen molar-refractivity contribution in [2.75, 3.05) is 5.32 Å². The summed E-state index contributed by atoms with van der Waals surface area (Å²) >= 11 is 1.61. The van der Waals surface area contributed by atoms with Gasteiger partial charge >= 0.3 is 0 Å². The fourth-order valence-electron chi connectivity index (χ4n) is 1.87. The molecule has 3 aromatic rings. The van der Waals surface area contributed by atoms with Crippen LogP contribution in [0, 0.1) is 6.92 Å². The summed E-state index contributed by atoms with van der Waals surface area (Å²) in [5.41, 5.74) is 7.19. The van der Waals surface area contributed by atoms with Gasteiger partial charge in [0.2, 0.25) is 0 Å². The number of benzene rings is 1. The topological polar surface area (TPSA) is 53.6 Å². The van der Waals surface area contributed by atoms with Gasteiger partial charge in [-0.2, -0.15) is 5.10 Å². The summed E-state index contributed by atoms with van der Waals surface area (Å²) in [6.45, 7) is 2.72. The maximum Gasteiger partial charge on any atom is 0.0815 e. The Labute approximate surface area is 115 Å². The van der Waals surface area contributed by atoms with E-state index in [-0.39, 0.29) is 0 Å². The molecule has 0 spiro atoms. The number of rotatable bonds is 4. The number of nitrogens with one attached hydrogen (secondary N) is 2. The Morgan fingerprint density at radius 3 is 2.74 bits per heavy atom. The van der Waals surface area contributed by atoms with E-state index in [9.17, 15) is 0 Å². The molecule has 19 heavy (non-hydrogen) atoms. The van der Waals surface area contributed by atoms with Gasteiger partial charge in [-0.1, -0.05) is 12.1 Å². The second kappa shape index (κ2) is 5.24. The highest BCUT2D eigenvalue weighted by Crippen LogP contribution is 2.21. The van der Waals surface area contributed by atoms with Crippen molar-refractivity contribution in [2.45, 2.75) is 13.5 Å². The van der Waals surface area contributed by atoms with E-state index < -0.39 is 0 Å². The van der Waals surface area contributed by atoms with E-state index in [1.165, 1.54) is 0 Å². The molecule has 1 aromatic carbocycles. The van der Waals surface area contributed by atoms with Crippen molar-refractivity contribution >= 4 is 17.0 Å². The number of thiazole rings is 1. The van der Waals surface area contributed by atoms with Crippen molar-refractivity contribution < 1.29 is 0 Å². The van der Waals surface area contributed by atoms with E-state index in [1.54, 1.807) is 11.3 Å². The van der Waals surface area contributed by atoms with Crippen LogP contribution in [0.2, 0.25) is 0 Å². The lowest BCUT2D eigenvalue weighted by molar-refractivity contribution is 0.968. The summed E-state index contributed by atoms with van der Waals surface area (Å²) in [4.78, 5) is 4.30. The first-order valence-electron chi connectivity index (χ1n) is 6.04. The van der Waals surface area contributed by atoms with Gasteiger partial charge in [0.15, 0.2) is 0 Å². The highest BCUT2D eigenvalue weighted by Gasteiger charge is 2.01. The number of aryl methyl sites for hydroxylation is 1. The second-order valence-electron chi connectivity index (χ2n) is 4.35. The van der Waals surface area contributed by atoms with Crippen LogP contribution < -0.4 is 5.32 Å². The minimum absolute atomic E-state index is 0.723. The summed E-state index contributed by atoms with van der Waals surface area (Å²) in [5, 5.41) is 12.5. The van der Waals surface area contributed by atoms with Gasteiger partial charge in [-0.05, 0) is 25.1 Å². The highest BCUT2D eigenvalue weighted by atomic mass is 32.1. The zero-order chi connectivity index (χ0) is 13.1. The standard InChI is InChI=1S/C14H14N4S/c1-10-6-13(18-17-10)7-15-12-4-2-11(3-5-12)14-8-19-9-16-14/h2-6,8-9,15H,7H2,1H3,(H,17,18). The van der Waals surface area contributed by atoms with Gasteiger partial charge in [0.25, 0.3) is 0 Å². The predicted octanol–water partition coefficient (Wildman–Crippen LogP) is 3.45. The van der Waals surface area contributed by atoms with Crippen LogP contribution in [-0.2, 0) is 6.54 Å². The van der Waals surface area contributed by atoms with E-state index in [1.807, 2.05) is 18.5 Å². The van der Waals surface area contributed by atoms with E-state index in [4.69, 9.17) is 0 Å². The Morgan fingerprint density at radius 1 is 1.26 bits per heavy atom. The summed E-state index contributed by atoms with van der Waals surface area (Å²) in [5.74, 6) is 0. The zero-order valence-corrected chi connectivity index (χ0v) is 11.4. The summed E-state index contributed by atoms with van der Waals surface area (Å²) in [7, 11) is 0. The van der Waals surface area contributed by atoms with Gasteiger partial charge in [0, 0.05) is 22.3 Å². The molecule has 0 aliphatic carbocycles. The molecule has 0 aliphatic heterocycles. The molecule has 0 aliphatic rings. The maximum atomic E-state index is 4.30. The molecule has 0 bridgehead atoms. The van der Waals surface area contributed by atoms with Gasteiger partial charge in [-0.25, -0.2) is 4.98 Å². The Bertz CT molecular complexity index is 640. The Balaban J connectivity index is 1.66. The van der Waals surface area contributed by atoms with E-state index in [0.29, 0.717) is 0 Å². The first-order valence-corrected chi connectivity index (χ1v) is 6.99. The molecule has 0 saturated carbocycles. The lowest BCUT2D eigenvalue weighted by atomic mass is 10.1. The number of aromatic nitrogens is 3. The van der Waals surface area contributed by atoms with Crippen LogP contribution in [0.25, 0.3) is 11.3 Å². The van der Waals surface area contributed by atoms with Crippen LogP contribution in [0.5, 0.6) is 0 Å². The van der Waals surface area contributed by atoms with Gasteiger partial charge < -0.3 is 5.32 Å². The molecule has 2 heterocycles. The molecule has 4 nitrogen and oxygen atoms in total. The van der Waals surface area contributed by atoms with Gasteiger partial charge in [0.1, 0.15) is 0 Å². The molecular weight excluding hydrogens is 256 g/mol. The first kappa shape index (κ1) is 11.9. The highest BCUT2D eigenvalue weighted by molar-refractivity contribution is 7.07. The average Bonchev–Trinajstić information content (AvgIpc) is 3.08. The van der Waals surface area contributed by atoms with Crippen LogP contribution in [0.3, 0.4) is 0 Å². The number of H-pyrrole nitrogens is 1. The number of hydrogen-bond donors (Lipinski definition) is 2. The monoisotopic (exact) mass is 270 g/mol. The number of hydrogen-bond acceptors (Lipinski definition) is 4. The summed E-state index contributed by atoms with van der Waals surface area (Å²) in [6, 6.07) is 10.3. The first-order chi connectivity index (χ1) is 9.31. The van der Waals surface area contributed by atoms with Crippen LogP contribution in [0.4, 0.5) is 5.69 Å². The molecule has 0 saturated heterocycles. The van der Waals surface area contributed by atoms with Crippen molar-refractivity contribution in [1.29, 1.82) is 0 Å². The molecule has 2 aromatic heterocycles. The molecule has 2 N–H and O–H groups in total. The molecule has 0 atom stereocenters. The minimum atomic E-state index is 0.723. The molecule has 0 fully saturated rings. The van der Waals surface area contributed by atoms with Gasteiger partial charge in [-0.3, -0.25) is 5.10 Å². The Kier molecular flexibility index (Phi) is 3.29. The Morgan fingerprint density at radius 2 is 2.11 bits per heavy atom. The van der Waals surface area contributed by atoms with E-state index >= 15 is 0 Å².